The van der Waals surface area contributed by atoms with Gasteiger partial charge in [0.2, 0.25) is 0 Å². The van der Waals surface area contributed by atoms with Crippen molar-refractivity contribution in [2.24, 2.45) is 5.92 Å². The van der Waals surface area contributed by atoms with Crippen LogP contribution < -0.4 is 5.32 Å². The summed E-state index contributed by atoms with van der Waals surface area (Å²) in [6.07, 6.45) is 9.28. The first kappa shape index (κ1) is 13.5. The fourth-order valence-corrected chi connectivity index (χ4v) is 2.45. The molecule has 16 heavy (non-hydrogen) atoms. The third kappa shape index (κ3) is 6.11. The van der Waals surface area contributed by atoms with Crippen LogP contribution in [-0.4, -0.2) is 23.7 Å². The summed E-state index contributed by atoms with van der Waals surface area (Å²) in [4.78, 5) is 10.4. The minimum absolute atomic E-state index is 0.275. The molecule has 0 aromatic carbocycles. The number of aliphatic carboxylic acids is 1. The van der Waals surface area contributed by atoms with Crippen molar-refractivity contribution in [3.8, 4) is 0 Å². The summed E-state index contributed by atoms with van der Waals surface area (Å²) in [6.45, 7) is 3.12. The zero-order valence-electron chi connectivity index (χ0n) is 10.4. The highest BCUT2D eigenvalue weighted by Crippen LogP contribution is 2.25. The number of carboxylic acids is 1. The van der Waals surface area contributed by atoms with Crippen LogP contribution in [-0.2, 0) is 4.79 Å². The summed E-state index contributed by atoms with van der Waals surface area (Å²) in [6, 6.07) is 0.333. The Hall–Kier alpha value is -0.570. The van der Waals surface area contributed by atoms with E-state index in [0.717, 1.165) is 18.9 Å². The van der Waals surface area contributed by atoms with Crippen LogP contribution in [0.1, 0.15) is 58.3 Å². The normalized spacial score (nSPS) is 19.6. The highest BCUT2D eigenvalue weighted by atomic mass is 16.4. The number of hydrogen-bond donors (Lipinski definition) is 2. The maximum absolute atomic E-state index is 10.4. The molecule has 1 atom stereocenters. The van der Waals surface area contributed by atoms with E-state index < -0.39 is 5.97 Å². The monoisotopic (exact) mass is 227 g/mol. The minimum Gasteiger partial charge on any atom is -0.481 e. The molecule has 0 heterocycles. The molecule has 94 valence electrons. The van der Waals surface area contributed by atoms with Crippen molar-refractivity contribution >= 4 is 5.97 Å². The van der Waals surface area contributed by atoms with E-state index in [1.165, 1.54) is 38.5 Å². The molecule has 1 rings (SSSR count). The van der Waals surface area contributed by atoms with E-state index in [1.807, 2.05) is 0 Å². The molecule has 0 aromatic heterocycles. The predicted octanol–water partition coefficient (Wildman–Crippen LogP) is 2.80. The van der Waals surface area contributed by atoms with Crippen LogP contribution >= 0.6 is 0 Å². The fourth-order valence-electron chi connectivity index (χ4n) is 2.45. The summed E-state index contributed by atoms with van der Waals surface area (Å²) in [5, 5.41) is 12.0. The quantitative estimate of drug-likeness (QED) is 0.703. The van der Waals surface area contributed by atoms with E-state index >= 15 is 0 Å². The molecular weight excluding hydrogens is 202 g/mol. The van der Waals surface area contributed by atoms with Gasteiger partial charge in [0.25, 0.3) is 0 Å². The molecule has 1 aliphatic rings. The lowest BCUT2D eigenvalue weighted by molar-refractivity contribution is -0.137. The summed E-state index contributed by atoms with van der Waals surface area (Å²) < 4.78 is 0. The summed E-state index contributed by atoms with van der Waals surface area (Å²) >= 11 is 0. The van der Waals surface area contributed by atoms with Crippen molar-refractivity contribution in [3.63, 3.8) is 0 Å². The fraction of sp³-hybridized carbons (Fsp3) is 0.923. The van der Waals surface area contributed by atoms with Gasteiger partial charge in [-0.3, -0.25) is 4.79 Å². The second-order valence-electron chi connectivity index (χ2n) is 5.08. The van der Waals surface area contributed by atoms with Gasteiger partial charge in [-0.05, 0) is 32.2 Å². The smallest absolute Gasteiger partial charge is 0.303 e. The van der Waals surface area contributed by atoms with Gasteiger partial charge < -0.3 is 10.4 Å². The molecule has 0 spiro atoms. The Morgan fingerprint density at radius 2 is 2.06 bits per heavy atom. The molecule has 0 bridgehead atoms. The minimum atomic E-state index is -0.694. The molecule has 0 aliphatic heterocycles. The second kappa shape index (κ2) is 7.66. The van der Waals surface area contributed by atoms with Crippen molar-refractivity contribution in [1.29, 1.82) is 0 Å². The van der Waals surface area contributed by atoms with Crippen LogP contribution in [0.4, 0.5) is 0 Å². The molecule has 0 saturated heterocycles. The lowest BCUT2D eigenvalue weighted by Crippen LogP contribution is -2.29. The lowest BCUT2D eigenvalue weighted by atomic mass is 9.87. The number of rotatable bonds is 7. The van der Waals surface area contributed by atoms with Gasteiger partial charge in [-0.1, -0.05) is 32.1 Å². The average molecular weight is 227 g/mol. The Balaban J connectivity index is 1.98. The molecule has 1 unspecified atom stereocenters. The standard InChI is InChI=1S/C13H25NO2/c1-11(7-8-13(15)16)14-10-9-12-5-3-2-4-6-12/h11-12,14H,2-10H2,1H3,(H,15,16). The maximum atomic E-state index is 10.4. The molecule has 3 nitrogen and oxygen atoms in total. The van der Waals surface area contributed by atoms with E-state index in [-0.39, 0.29) is 6.42 Å². The molecule has 1 aliphatic carbocycles. The SMILES string of the molecule is CC(CCC(=O)O)NCCC1CCCCC1. The van der Waals surface area contributed by atoms with E-state index in [0.29, 0.717) is 6.04 Å². The van der Waals surface area contributed by atoms with Crippen molar-refractivity contribution in [2.75, 3.05) is 6.54 Å². The van der Waals surface area contributed by atoms with Crippen LogP contribution in [0.15, 0.2) is 0 Å². The maximum Gasteiger partial charge on any atom is 0.303 e. The van der Waals surface area contributed by atoms with E-state index in [2.05, 4.69) is 12.2 Å². The molecule has 0 aromatic rings. The van der Waals surface area contributed by atoms with Gasteiger partial charge in [0.05, 0.1) is 0 Å². The van der Waals surface area contributed by atoms with Gasteiger partial charge in [-0.25, -0.2) is 0 Å². The van der Waals surface area contributed by atoms with Crippen LogP contribution in [0.2, 0.25) is 0 Å². The Morgan fingerprint density at radius 1 is 1.38 bits per heavy atom. The largest absolute Gasteiger partial charge is 0.481 e. The Kier molecular flexibility index (Phi) is 6.46. The molecule has 1 saturated carbocycles. The molecule has 3 heteroatoms. The molecule has 0 amide bonds. The number of carbonyl (C=O) groups is 1. The van der Waals surface area contributed by atoms with Gasteiger partial charge in [0.1, 0.15) is 0 Å². The van der Waals surface area contributed by atoms with Crippen molar-refractivity contribution in [3.05, 3.63) is 0 Å². The zero-order valence-corrected chi connectivity index (χ0v) is 10.4. The second-order valence-corrected chi connectivity index (χ2v) is 5.08. The van der Waals surface area contributed by atoms with Crippen LogP contribution in [0.5, 0.6) is 0 Å². The molecule has 2 N–H and O–H groups in total. The van der Waals surface area contributed by atoms with Gasteiger partial charge >= 0.3 is 5.97 Å². The van der Waals surface area contributed by atoms with Gasteiger partial charge in [-0.15, -0.1) is 0 Å². The lowest BCUT2D eigenvalue weighted by Gasteiger charge is -2.22. The Morgan fingerprint density at radius 3 is 2.69 bits per heavy atom. The van der Waals surface area contributed by atoms with Gasteiger partial charge in [0.15, 0.2) is 0 Å². The average Bonchev–Trinajstić information content (AvgIpc) is 2.28. The van der Waals surface area contributed by atoms with E-state index in [9.17, 15) is 4.79 Å². The third-order valence-corrected chi connectivity index (χ3v) is 3.56. The van der Waals surface area contributed by atoms with Gasteiger partial charge in [0, 0.05) is 12.5 Å². The zero-order chi connectivity index (χ0) is 11.8. The highest BCUT2D eigenvalue weighted by molar-refractivity contribution is 5.66. The molecular formula is C13H25NO2. The highest BCUT2D eigenvalue weighted by Gasteiger charge is 2.13. The van der Waals surface area contributed by atoms with Crippen LogP contribution in [0, 0.1) is 5.92 Å². The van der Waals surface area contributed by atoms with Gasteiger partial charge in [-0.2, -0.15) is 0 Å². The first-order valence-corrected chi connectivity index (χ1v) is 6.63. The Bertz CT molecular complexity index is 200. The van der Waals surface area contributed by atoms with Crippen molar-refractivity contribution < 1.29 is 9.90 Å². The van der Waals surface area contributed by atoms with Crippen LogP contribution in [0.25, 0.3) is 0 Å². The third-order valence-electron chi connectivity index (χ3n) is 3.56. The molecule has 1 fully saturated rings. The summed E-state index contributed by atoms with van der Waals surface area (Å²) in [5.74, 6) is 0.217. The van der Waals surface area contributed by atoms with Crippen molar-refractivity contribution in [2.45, 2.75) is 64.3 Å². The number of nitrogens with one attached hydrogen (secondary N) is 1. The van der Waals surface area contributed by atoms with Crippen molar-refractivity contribution in [1.82, 2.24) is 5.32 Å². The first-order chi connectivity index (χ1) is 7.68. The topological polar surface area (TPSA) is 49.3 Å². The number of hydrogen-bond acceptors (Lipinski definition) is 2. The summed E-state index contributed by atoms with van der Waals surface area (Å²) in [7, 11) is 0. The first-order valence-electron chi connectivity index (χ1n) is 6.63. The summed E-state index contributed by atoms with van der Waals surface area (Å²) in [5.41, 5.74) is 0. The Labute approximate surface area is 98.6 Å². The number of carboxylic acid groups (broad SMARTS) is 1. The van der Waals surface area contributed by atoms with E-state index in [1.54, 1.807) is 0 Å². The molecule has 0 radical (unpaired) electrons. The van der Waals surface area contributed by atoms with E-state index in [4.69, 9.17) is 5.11 Å². The predicted molar refractivity (Wildman–Crippen MR) is 65.5 cm³/mol. The van der Waals surface area contributed by atoms with Crippen LogP contribution in [0.3, 0.4) is 0 Å².